The van der Waals surface area contributed by atoms with Crippen molar-refractivity contribution in [2.75, 3.05) is 0 Å². The second kappa shape index (κ2) is 3.57. The van der Waals surface area contributed by atoms with Crippen molar-refractivity contribution in [1.29, 1.82) is 0 Å². The van der Waals surface area contributed by atoms with E-state index in [4.69, 9.17) is 4.52 Å². The van der Waals surface area contributed by atoms with Gasteiger partial charge in [-0.1, -0.05) is 59.8 Å². The van der Waals surface area contributed by atoms with E-state index in [-0.39, 0.29) is 0 Å². The molecule has 0 radical (unpaired) electrons. The monoisotopic (exact) mass is 233 g/mol. The summed E-state index contributed by atoms with van der Waals surface area (Å²) in [4.78, 5) is 0. The Bertz CT molecular complexity index is 713. The van der Waals surface area contributed by atoms with Crippen LogP contribution in [0.3, 0.4) is 0 Å². The van der Waals surface area contributed by atoms with Crippen molar-refractivity contribution in [1.82, 2.24) is 5.16 Å². The molecule has 4 rings (SSSR count). The second-order valence-electron chi connectivity index (χ2n) is 4.53. The van der Waals surface area contributed by atoms with Gasteiger partial charge in [-0.05, 0) is 11.1 Å². The Hall–Kier alpha value is -2.35. The van der Waals surface area contributed by atoms with E-state index in [1.54, 1.807) is 0 Å². The average molecular weight is 233 g/mol. The van der Waals surface area contributed by atoms with Gasteiger partial charge in [0, 0.05) is 12.0 Å². The van der Waals surface area contributed by atoms with Gasteiger partial charge in [0.15, 0.2) is 5.76 Å². The van der Waals surface area contributed by atoms with Gasteiger partial charge in [0.2, 0.25) is 0 Å². The molecule has 1 aliphatic rings. The molecule has 1 aliphatic carbocycles. The highest BCUT2D eigenvalue weighted by atomic mass is 16.5. The van der Waals surface area contributed by atoms with Crippen LogP contribution in [0.15, 0.2) is 59.1 Å². The van der Waals surface area contributed by atoms with Crippen LogP contribution in [0.2, 0.25) is 0 Å². The summed E-state index contributed by atoms with van der Waals surface area (Å²) in [5.74, 6) is 0.885. The fourth-order valence-electron chi connectivity index (χ4n) is 2.61. The highest BCUT2D eigenvalue weighted by Gasteiger charge is 2.26. The van der Waals surface area contributed by atoms with Crippen LogP contribution < -0.4 is 0 Å². The Labute approximate surface area is 105 Å². The van der Waals surface area contributed by atoms with Crippen LogP contribution in [0.5, 0.6) is 0 Å². The summed E-state index contributed by atoms with van der Waals surface area (Å²) in [6.07, 6.45) is 0.877. The van der Waals surface area contributed by atoms with E-state index in [2.05, 4.69) is 41.6 Å². The van der Waals surface area contributed by atoms with Gasteiger partial charge >= 0.3 is 0 Å². The zero-order valence-electron chi connectivity index (χ0n) is 9.76. The summed E-state index contributed by atoms with van der Waals surface area (Å²) in [6, 6.07) is 18.6. The lowest BCUT2D eigenvalue weighted by molar-refractivity contribution is 0.425. The standard InChI is InChI=1S/C16H11NO/c1-2-6-11(7-3-1)16-15-13-9-5-4-8-12(13)10-14(15)17-18-16/h1-9H,10H2. The van der Waals surface area contributed by atoms with Crippen molar-refractivity contribution in [2.24, 2.45) is 0 Å². The van der Waals surface area contributed by atoms with E-state index in [9.17, 15) is 0 Å². The maximum Gasteiger partial charge on any atom is 0.174 e. The molecule has 1 aromatic heterocycles. The highest BCUT2D eigenvalue weighted by molar-refractivity contribution is 5.86. The number of hydrogen-bond donors (Lipinski definition) is 0. The van der Waals surface area contributed by atoms with Crippen molar-refractivity contribution in [3.05, 3.63) is 65.9 Å². The third kappa shape index (κ3) is 1.26. The molecule has 18 heavy (non-hydrogen) atoms. The van der Waals surface area contributed by atoms with E-state index in [0.717, 1.165) is 29.0 Å². The third-order valence-corrected chi connectivity index (χ3v) is 3.44. The topological polar surface area (TPSA) is 26.0 Å². The number of nitrogens with zero attached hydrogens (tertiary/aromatic N) is 1. The molecule has 0 unspecified atom stereocenters. The Balaban J connectivity index is 1.97. The van der Waals surface area contributed by atoms with Gasteiger partial charge < -0.3 is 4.52 Å². The zero-order chi connectivity index (χ0) is 11.9. The van der Waals surface area contributed by atoms with Crippen molar-refractivity contribution in [3.63, 3.8) is 0 Å². The molecule has 3 aromatic rings. The van der Waals surface area contributed by atoms with Crippen LogP contribution in [0.1, 0.15) is 11.3 Å². The minimum atomic E-state index is 0.877. The number of aromatic nitrogens is 1. The lowest BCUT2D eigenvalue weighted by atomic mass is 10.0. The number of hydrogen-bond acceptors (Lipinski definition) is 2. The maximum atomic E-state index is 5.53. The Morgan fingerprint density at radius 2 is 1.67 bits per heavy atom. The highest BCUT2D eigenvalue weighted by Crippen LogP contribution is 2.42. The molecule has 0 bridgehead atoms. The summed E-state index contributed by atoms with van der Waals surface area (Å²) in [6.45, 7) is 0. The van der Waals surface area contributed by atoms with Crippen molar-refractivity contribution < 1.29 is 4.52 Å². The summed E-state index contributed by atoms with van der Waals surface area (Å²) in [5.41, 5.74) is 5.89. The molecule has 0 fully saturated rings. The first-order valence-electron chi connectivity index (χ1n) is 6.06. The quantitative estimate of drug-likeness (QED) is 0.498. The molecular formula is C16H11NO. The van der Waals surface area contributed by atoms with Crippen LogP contribution in [0.25, 0.3) is 22.5 Å². The lowest BCUT2D eigenvalue weighted by Crippen LogP contribution is -1.81. The Morgan fingerprint density at radius 3 is 2.56 bits per heavy atom. The van der Waals surface area contributed by atoms with E-state index >= 15 is 0 Å². The predicted molar refractivity (Wildman–Crippen MR) is 70.2 cm³/mol. The van der Waals surface area contributed by atoms with Crippen LogP contribution in [-0.2, 0) is 6.42 Å². The molecule has 0 saturated carbocycles. The summed E-state index contributed by atoms with van der Waals surface area (Å²) >= 11 is 0. The van der Waals surface area contributed by atoms with Gasteiger partial charge in [0.1, 0.15) is 0 Å². The Morgan fingerprint density at radius 1 is 0.889 bits per heavy atom. The zero-order valence-corrected chi connectivity index (χ0v) is 9.76. The molecule has 1 heterocycles. The van der Waals surface area contributed by atoms with E-state index in [1.165, 1.54) is 11.1 Å². The SMILES string of the molecule is c1ccc(-c2onc3c2-c2ccccc2C3)cc1. The molecule has 0 atom stereocenters. The van der Waals surface area contributed by atoms with Crippen molar-refractivity contribution >= 4 is 0 Å². The molecule has 0 N–H and O–H groups in total. The van der Waals surface area contributed by atoms with Crippen molar-refractivity contribution in [3.8, 4) is 22.5 Å². The molecule has 2 heteroatoms. The molecule has 2 aromatic carbocycles. The van der Waals surface area contributed by atoms with E-state index in [1.807, 2.05) is 18.2 Å². The Kier molecular flexibility index (Phi) is 1.92. The molecule has 0 amide bonds. The molecule has 0 spiro atoms. The molecule has 0 saturated heterocycles. The predicted octanol–water partition coefficient (Wildman–Crippen LogP) is 3.91. The van der Waals surface area contributed by atoms with Gasteiger partial charge in [-0.3, -0.25) is 0 Å². The smallest absolute Gasteiger partial charge is 0.174 e. The van der Waals surface area contributed by atoms with Crippen LogP contribution in [0, 0.1) is 0 Å². The van der Waals surface area contributed by atoms with E-state index < -0.39 is 0 Å². The summed E-state index contributed by atoms with van der Waals surface area (Å²) in [7, 11) is 0. The summed E-state index contributed by atoms with van der Waals surface area (Å²) in [5, 5.41) is 4.21. The second-order valence-corrected chi connectivity index (χ2v) is 4.53. The number of fused-ring (bicyclic) bond motifs is 3. The van der Waals surface area contributed by atoms with Crippen LogP contribution in [0.4, 0.5) is 0 Å². The molecule has 0 aliphatic heterocycles. The fourth-order valence-corrected chi connectivity index (χ4v) is 2.61. The number of benzene rings is 2. The van der Waals surface area contributed by atoms with E-state index in [0.29, 0.717) is 0 Å². The first kappa shape index (κ1) is 9.66. The van der Waals surface area contributed by atoms with Crippen molar-refractivity contribution in [2.45, 2.75) is 6.42 Å². The minimum absolute atomic E-state index is 0.877. The minimum Gasteiger partial charge on any atom is -0.355 e. The first-order valence-corrected chi connectivity index (χ1v) is 6.06. The molecule has 86 valence electrons. The lowest BCUT2D eigenvalue weighted by Gasteiger charge is -2.01. The van der Waals surface area contributed by atoms with Gasteiger partial charge in [0.25, 0.3) is 0 Å². The molecule has 2 nitrogen and oxygen atoms in total. The first-order chi connectivity index (χ1) is 8.93. The van der Waals surface area contributed by atoms with Gasteiger partial charge in [-0.25, -0.2) is 0 Å². The normalized spacial score (nSPS) is 12.2. The fraction of sp³-hybridized carbons (Fsp3) is 0.0625. The summed E-state index contributed by atoms with van der Waals surface area (Å²) < 4.78 is 5.53. The van der Waals surface area contributed by atoms with Gasteiger partial charge in [-0.15, -0.1) is 0 Å². The van der Waals surface area contributed by atoms with Crippen LogP contribution >= 0.6 is 0 Å². The third-order valence-electron chi connectivity index (χ3n) is 3.44. The number of rotatable bonds is 1. The average Bonchev–Trinajstić information content (AvgIpc) is 2.98. The molecular weight excluding hydrogens is 222 g/mol. The maximum absolute atomic E-state index is 5.53. The van der Waals surface area contributed by atoms with Gasteiger partial charge in [0.05, 0.1) is 11.3 Å². The van der Waals surface area contributed by atoms with Crippen LogP contribution in [-0.4, -0.2) is 5.16 Å². The largest absolute Gasteiger partial charge is 0.355 e. The van der Waals surface area contributed by atoms with Gasteiger partial charge in [-0.2, -0.15) is 0 Å².